The summed E-state index contributed by atoms with van der Waals surface area (Å²) in [6.07, 6.45) is 1.49. The summed E-state index contributed by atoms with van der Waals surface area (Å²) in [7, 11) is -3.64. The highest BCUT2D eigenvalue weighted by Crippen LogP contribution is 2.17. The maximum atomic E-state index is 12.3. The number of halogens is 1. The van der Waals surface area contributed by atoms with Crippen LogP contribution in [0.5, 0.6) is 0 Å². The maximum Gasteiger partial charge on any atom is 0.240 e. The molecule has 2 aromatic carbocycles. The summed E-state index contributed by atoms with van der Waals surface area (Å²) in [5.74, 6) is 0.536. The Morgan fingerprint density at radius 3 is 2.41 bits per heavy atom. The Hall–Kier alpha value is -2.39. The molecule has 0 unspecified atom stereocenters. The van der Waals surface area contributed by atoms with E-state index in [0.29, 0.717) is 21.6 Å². The third-order valence-electron chi connectivity index (χ3n) is 3.52. The molecule has 0 bridgehead atoms. The number of anilines is 2. The SMILES string of the molecule is O=S(=O)(NCc1ccco1)c1ccc(NC(=S)Nc2cccc(Cl)c2)cc1. The van der Waals surface area contributed by atoms with Gasteiger partial charge in [0.2, 0.25) is 10.0 Å². The largest absolute Gasteiger partial charge is 0.468 e. The highest BCUT2D eigenvalue weighted by atomic mass is 35.5. The van der Waals surface area contributed by atoms with Gasteiger partial charge in [-0.15, -0.1) is 0 Å². The van der Waals surface area contributed by atoms with E-state index in [-0.39, 0.29) is 11.4 Å². The lowest BCUT2D eigenvalue weighted by Crippen LogP contribution is -2.23. The molecular weight excluding hydrogens is 406 g/mol. The predicted molar refractivity (Wildman–Crippen MR) is 110 cm³/mol. The minimum atomic E-state index is -3.64. The summed E-state index contributed by atoms with van der Waals surface area (Å²) in [5, 5.41) is 6.96. The molecule has 6 nitrogen and oxygen atoms in total. The number of hydrogen-bond donors (Lipinski definition) is 3. The molecule has 0 aliphatic carbocycles. The molecule has 3 N–H and O–H groups in total. The Kier molecular flexibility index (Phi) is 6.12. The van der Waals surface area contributed by atoms with E-state index in [4.69, 9.17) is 28.2 Å². The van der Waals surface area contributed by atoms with Crippen molar-refractivity contribution in [2.24, 2.45) is 0 Å². The van der Waals surface area contributed by atoms with Crippen molar-refractivity contribution in [2.75, 3.05) is 10.6 Å². The summed E-state index contributed by atoms with van der Waals surface area (Å²) >= 11 is 11.2. The van der Waals surface area contributed by atoms with E-state index in [9.17, 15) is 8.42 Å². The predicted octanol–water partition coefficient (Wildman–Crippen LogP) is 4.22. The third kappa shape index (κ3) is 5.54. The Balaban J connectivity index is 1.60. The van der Waals surface area contributed by atoms with Crippen LogP contribution in [0, 0.1) is 0 Å². The highest BCUT2D eigenvalue weighted by molar-refractivity contribution is 7.89. The van der Waals surface area contributed by atoms with Crippen molar-refractivity contribution in [3.63, 3.8) is 0 Å². The molecule has 0 amide bonds. The van der Waals surface area contributed by atoms with Gasteiger partial charge in [-0.2, -0.15) is 0 Å². The molecule has 3 rings (SSSR count). The molecule has 0 fully saturated rings. The molecule has 0 radical (unpaired) electrons. The molecule has 140 valence electrons. The van der Waals surface area contributed by atoms with E-state index in [1.165, 1.54) is 18.4 Å². The summed E-state index contributed by atoms with van der Waals surface area (Å²) < 4.78 is 32.2. The van der Waals surface area contributed by atoms with Crippen LogP contribution in [-0.4, -0.2) is 13.5 Å². The van der Waals surface area contributed by atoms with Crippen LogP contribution in [0.25, 0.3) is 0 Å². The summed E-state index contributed by atoms with van der Waals surface area (Å²) in [6.45, 7) is 0.0863. The molecule has 27 heavy (non-hydrogen) atoms. The first-order valence-corrected chi connectivity index (χ1v) is 10.1. The zero-order valence-electron chi connectivity index (χ0n) is 14.0. The first kappa shape index (κ1) is 19.4. The van der Waals surface area contributed by atoms with Crippen molar-refractivity contribution in [2.45, 2.75) is 11.4 Å². The monoisotopic (exact) mass is 421 g/mol. The minimum absolute atomic E-state index is 0.0863. The Morgan fingerprint density at radius 1 is 1.00 bits per heavy atom. The van der Waals surface area contributed by atoms with Crippen LogP contribution in [0.15, 0.2) is 76.2 Å². The fraction of sp³-hybridized carbons (Fsp3) is 0.0556. The van der Waals surface area contributed by atoms with Crippen LogP contribution >= 0.6 is 23.8 Å². The lowest BCUT2D eigenvalue weighted by atomic mass is 10.3. The maximum absolute atomic E-state index is 12.3. The van der Waals surface area contributed by atoms with E-state index in [1.54, 1.807) is 36.4 Å². The van der Waals surface area contributed by atoms with E-state index < -0.39 is 10.0 Å². The summed E-state index contributed by atoms with van der Waals surface area (Å²) in [4.78, 5) is 0.147. The molecule has 1 heterocycles. The van der Waals surface area contributed by atoms with Crippen LogP contribution < -0.4 is 15.4 Å². The van der Waals surface area contributed by atoms with Crippen molar-refractivity contribution in [1.29, 1.82) is 0 Å². The lowest BCUT2D eigenvalue weighted by molar-refractivity contribution is 0.498. The van der Waals surface area contributed by atoms with Gasteiger partial charge in [-0.1, -0.05) is 17.7 Å². The molecule has 0 saturated heterocycles. The fourth-order valence-electron chi connectivity index (χ4n) is 2.24. The van der Waals surface area contributed by atoms with E-state index >= 15 is 0 Å². The number of benzene rings is 2. The van der Waals surface area contributed by atoms with Crippen molar-refractivity contribution < 1.29 is 12.8 Å². The molecule has 9 heteroatoms. The lowest BCUT2D eigenvalue weighted by Gasteiger charge is -2.11. The normalized spacial score (nSPS) is 11.1. The standard InChI is InChI=1S/C18H16ClN3O3S2/c19-13-3-1-4-15(11-13)22-18(26)21-14-6-8-17(9-7-14)27(23,24)20-12-16-5-2-10-25-16/h1-11,20H,12H2,(H2,21,22,26). The number of sulfonamides is 1. The second-order valence-electron chi connectivity index (χ2n) is 5.52. The van der Waals surface area contributed by atoms with E-state index in [0.717, 1.165) is 5.69 Å². The molecule has 0 atom stereocenters. The second-order valence-corrected chi connectivity index (χ2v) is 8.13. The molecule has 0 aliphatic rings. The van der Waals surface area contributed by atoms with Crippen molar-refractivity contribution in [3.05, 3.63) is 77.7 Å². The van der Waals surface area contributed by atoms with Gasteiger partial charge in [0.1, 0.15) is 5.76 Å². The fourth-order valence-corrected chi connectivity index (χ4v) is 3.66. The number of rotatable bonds is 6. The van der Waals surface area contributed by atoms with Gasteiger partial charge in [-0.3, -0.25) is 0 Å². The van der Waals surface area contributed by atoms with Crippen LogP contribution in [0.1, 0.15) is 5.76 Å². The average Bonchev–Trinajstić information content (AvgIpc) is 3.14. The van der Waals surface area contributed by atoms with Gasteiger partial charge in [0.25, 0.3) is 0 Å². The highest BCUT2D eigenvalue weighted by Gasteiger charge is 2.14. The molecule has 0 aliphatic heterocycles. The zero-order chi connectivity index (χ0) is 19.3. The van der Waals surface area contributed by atoms with Crippen LogP contribution in [0.3, 0.4) is 0 Å². The van der Waals surface area contributed by atoms with Gasteiger partial charge < -0.3 is 15.1 Å². The van der Waals surface area contributed by atoms with Crippen LogP contribution in [0.2, 0.25) is 5.02 Å². The van der Waals surface area contributed by atoms with Gasteiger partial charge in [-0.05, 0) is 66.8 Å². The molecular formula is C18H16ClN3O3S2. The van der Waals surface area contributed by atoms with Gasteiger partial charge in [0.15, 0.2) is 5.11 Å². The van der Waals surface area contributed by atoms with Gasteiger partial charge in [0, 0.05) is 16.4 Å². The smallest absolute Gasteiger partial charge is 0.240 e. The number of hydrogen-bond acceptors (Lipinski definition) is 4. The second kappa shape index (κ2) is 8.53. The van der Waals surface area contributed by atoms with Crippen molar-refractivity contribution in [1.82, 2.24) is 4.72 Å². The van der Waals surface area contributed by atoms with Gasteiger partial charge >= 0.3 is 0 Å². The molecule has 1 aromatic heterocycles. The molecule has 3 aromatic rings. The van der Waals surface area contributed by atoms with E-state index in [1.807, 2.05) is 12.1 Å². The van der Waals surface area contributed by atoms with Gasteiger partial charge in [-0.25, -0.2) is 13.1 Å². The first-order chi connectivity index (χ1) is 12.9. The quantitative estimate of drug-likeness (QED) is 0.517. The van der Waals surface area contributed by atoms with Crippen LogP contribution in [0.4, 0.5) is 11.4 Å². The average molecular weight is 422 g/mol. The van der Waals surface area contributed by atoms with Crippen molar-refractivity contribution >= 4 is 50.3 Å². The Labute approximate surface area is 167 Å². The first-order valence-electron chi connectivity index (χ1n) is 7.88. The molecule has 0 spiro atoms. The van der Waals surface area contributed by atoms with Crippen molar-refractivity contribution in [3.8, 4) is 0 Å². The van der Waals surface area contributed by atoms with Gasteiger partial charge in [0.05, 0.1) is 17.7 Å². The number of thiocarbonyl (C=S) groups is 1. The minimum Gasteiger partial charge on any atom is -0.468 e. The number of nitrogens with one attached hydrogen (secondary N) is 3. The van der Waals surface area contributed by atoms with Crippen LogP contribution in [-0.2, 0) is 16.6 Å². The zero-order valence-corrected chi connectivity index (χ0v) is 16.4. The Bertz CT molecular complexity index is 1020. The summed E-state index contributed by atoms with van der Waals surface area (Å²) in [6, 6.07) is 16.8. The summed E-state index contributed by atoms with van der Waals surface area (Å²) in [5.41, 5.74) is 1.40. The number of furan rings is 1. The Morgan fingerprint density at radius 2 is 1.74 bits per heavy atom. The molecule has 0 saturated carbocycles. The van der Waals surface area contributed by atoms with E-state index in [2.05, 4.69) is 15.4 Å². The third-order valence-corrected chi connectivity index (χ3v) is 5.38. The topological polar surface area (TPSA) is 83.4 Å².